The van der Waals surface area contributed by atoms with Crippen LogP contribution in [0.1, 0.15) is 39.5 Å². The first-order chi connectivity index (χ1) is 8.09. The molecule has 0 aromatic carbocycles. The lowest BCUT2D eigenvalue weighted by atomic mass is 9.73. The third-order valence-corrected chi connectivity index (χ3v) is 4.46. The molecule has 2 aliphatic rings. The summed E-state index contributed by atoms with van der Waals surface area (Å²) in [6.45, 7) is 9.72. The fourth-order valence-corrected chi connectivity index (χ4v) is 3.10. The van der Waals surface area contributed by atoms with Crippen molar-refractivity contribution in [1.29, 1.82) is 0 Å². The Kier molecular flexibility index (Phi) is 6.39. The molecule has 108 valence electrons. The van der Waals surface area contributed by atoms with Gasteiger partial charge in [-0.2, -0.15) is 0 Å². The van der Waals surface area contributed by atoms with Crippen LogP contribution < -0.4 is 5.73 Å². The summed E-state index contributed by atoms with van der Waals surface area (Å²) in [5.41, 5.74) is 6.27. The molecule has 4 heteroatoms. The van der Waals surface area contributed by atoms with Gasteiger partial charge in [0.2, 0.25) is 0 Å². The number of hydrogen-bond acceptors (Lipinski definition) is 3. The van der Waals surface area contributed by atoms with Crippen LogP contribution in [0.2, 0.25) is 0 Å². The molecule has 1 aliphatic carbocycles. The van der Waals surface area contributed by atoms with Crippen LogP contribution in [0.25, 0.3) is 0 Å². The zero-order valence-electron chi connectivity index (χ0n) is 11.9. The Morgan fingerprint density at radius 3 is 2.56 bits per heavy atom. The van der Waals surface area contributed by atoms with Gasteiger partial charge >= 0.3 is 0 Å². The lowest BCUT2D eigenvalue weighted by molar-refractivity contribution is -0.0309. The lowest BCUT2D eigenvalue weighted by Crippen LogP contribution is -2.47. The van der Waals surface area contributed by atoms with E-state index >= 15 is 0 Å². The van der Waals surface area contributed by atoms with Crippen molar-refractivity contribution < 1.29 is 4.74 Å². The molecule has 0 spiro atoms. The van der Waals surface area contributed by atoms with Gasteiger partial charge in [-0.25, -0.2) is 0 Å². The fraction of sp³-hybridized carbons (Fsp3) is 1.00. The highest BCUT2D eigenvalue weighted by atomic mass is 35.5. The molecular weight excluding hydrogens is 248 g/mol. The van der Waals surface area contributed by atoms with Crippen molar-refractivity contribution in [2.75, 3.05) is 32.8 Å². The molecule has 0 aromatic heterocycles. The van der Waals surface area contributed by atoms with Gasteiger partial charge in [0.15, 0.2) is 0 Å². The van der Waals surface area contributed by atoms with Crippen LogP contribution >= 0.6 is 12.4 Å². The number of rotatable bonds is 3. The van der Waals surface area contributed by atoms with Crippen LogP contribution in [0, 0.1) is 11.3 Å². The maximum absolute atomic E-state index is 5.68. The maximum Gasteiger partial charge on any atom is 0.0824 e. The molecule has 0 aromatic rings. The largest absolute Gasteiger partial charge is 0.374 e. The average Bonchev–Trinajstić information content (AvgIpc) is 2.32. The SMILES string of the molecule is CC1(C)CCC(CN2CCOC(CN)C2)CC1.Cl. The molecule has 0 amide bonds. The highest BCUT2D eigenvalue weighted by Gasteiger charge is 2.29. The van der Waals surface area contributed by atoms with Gasteiger partial charge in [-0.1, -0.05) is 13.8 Å². The quantitative estimate of drug-likeness (QED) is 0.860. The molecule has 18 heavy (non-hydrogen) atoms. The van der Waals surface area contributed by atoms with E-state index in [1.165, 1.54) is 32.2 Å². The molecule has 2 rings (SSSR count). The first kappa shape index (κ1) is 16.2. The Morgan fingerprint density at radius 1 is 1.28 bits per heavy atom. The van der Waals surface area contributed by atoms with E-state index in [-0.39, 0.29) is 18.5 Å². The molecule has 3 nitrogen and oxygen atoms in total. The molecule has 2 fully saturated rings. The summed E-state index contributed by atoms with van der Waals surface area (Å²) in [5, 5.41) is 0. The van der Waals surface area contributed by atoms with E-state index in [4.69, 9.17) is 10.5 Å². The molecule has 0 bridgehead atoms. The Labute approximate surface area is 118 Å². The van der Waals surface area contributed by atoms with Crippen molar-refractivity contribution in [2.24, 2.45) is 17.1 Å². The first-order valence-electron chi connectivity index (χ1n) is 7.13. The smallest absolute Gasteiger partial charge is 0.0824 e. The van der Waals surface area contributed by atoms with Gasteiger partial charge in [-0.05, 0) is 37.0 Å². The first-order valence-corrected chi connectivity index (χ1v) is 7.13. The average molecular weight is 277 g/mol. The van der Waals surface area contributed by atoms with E-state index in [0.29, 0.717) is 12.0 Å². The topological polar surface area (TPSA) is 38.5 Å². The Morgan fingerprint density at radius 2 is 1.94 bits per heavy atom. The number of nitrogens with two attached hydrogens (primary N) is 1. The molecule has 0 radical (unpaired) electrons. The summed E-state index contributed by atoms with van der Waals surface area (Å²) >= 11 is 0. The predicted octanol–water partition coefficient (Wildman–Crippen LogP) is 2.28. The summed E-state index contributed by atoms with van der Waals surface area (Å²) in [4.78, 5) is 2.56. The number of ether oxygens (including phenoxy) is 1. The molecule has 1 saturated heterocycles. The zero-order chi connectivity index (χ0) is 12.3. The van der Waals surface area contributed by atoms with E-state index in [1.807, 2.05) is 0 Å². The van der Waals surface area contributed by atoms with Crippen LogP contribution in [0.5, 0.6) is 0 Å². The van der Waals surface area contributed by atoms with E-state index < -0.39 is 0 Å². The number of halogens is 1. The molecule has 2 N–H and O–H groups in total. The molecule has 1 unspecified atom stereocenters. The van der Waals surface area contributed by atoms with Crippen LogP contribution in [0.15, 0.2) is 0 Å². The third-order valence-electron chi connectivity index (χ3n) is 4.46. The second kappa shape index (κ2) is 7.09. The predicted molar refractivity (Wildman–Crippen MR) is 78.2 cm³/mol. The molecule has 1 heterocycles. The normalized spacial score (nSPS) is 29.8. The third kappa shape index (κ3) is 4.69. The lowest BCUT2D eigenvalue weighted by Gasteiger charge is -2.39. The van der Waals surface area contributed by atoms with E-state index in [1.54, 1.807) is 0 Å². The zero-order valence-corrected chi connectivity index (χ0v) is 12.7. The maximum atomic E-state index is 5.68. The summed E-state index contributed by atoms with van der Waals surface area (Å²) in [5.74, 6) is 0.902. The summed E-state index contributed by atoms with van der Waals surface area (Å²) in [7, 11) is 0. The van der Waals surface area contributed by atoms with Crippen molar-refractivity contribution in [3.05, 3.63) is 0 Å². The number of hydrogen-bond donors (Lipinski definition) is 1. The van der Waals surface area contributed by atoms with Gasteiger partial charge in [0.05, 0.1) is 12.7 Å². The Balaban J connectivity index is 0.00000162. The highest BCUT2D eigenvalue weighted by Crippen LogP contribution is 2.38. The summed E-state index contributed by atoms with van der Waals surface area (Å²) in [6, 6.07) is 0. The standard InChI is InChI=1S/C14H28N2O.ClH/c1-14(2)5-3-12(4-6-14)10-16-7-8-17-13(9-15)11-16;/h12-13H,3-11,15H2,1-2H3;1H. The monoisotopic (exact) mass is 276 g/mol. The summed E-state index contributed by atoms with van der Waals surface area (Å²) < 4.78 is 5.61. The number of morpholine rings is 1. The Hall–Kier alpha value is 0.170. The van der Waals surface area contributed by atoms with Crippen LogP contribution in [0.3, 0.4) is 0 Å². The summed E-state index contributed by atoms with van der Waals surface area (Å²) in [6.07, 6.45) is 5.85. The minimum absolute atomic E-state index is 0. The number of nitrogens with zero attached hydrogens (tertiary/aromatic N) is 1. The second-order valence-electron chi connectivity index (χ2n) is 6.60. The van der Waals surface area contributed by atoms with Crippen molar-refractivity contribution in [1.82, 2.24) is 4.90 Å². The van der Waals surface area contributed by atoms with Gasteiger partial charge < -0.3 is 10.5 Å². The molecule has 1 saturated carbocycles. The van der Waals surface area contributed by atoms with Gasteiger partial charge in [0.25, 0.3) is 0 Å². The van der Waals surface area contributed by atoms with Crippen LogP contribution in [0.4, 0.5) is 0 Å². The van der Waals surface area contributed by atoms with Crippen molar-refractivity contribution in [3.8, 4) is 0 Å². The van der Waals surface area contributed by atoms with E-state index in [0.717, 1.165) is 25.6 Å². The van der Waals surface area contributed by atoms with Crippen LogP contribution in [-0.4, -0.2) is 43.8 Å². The minimum Gasteiger partial charge on any atom is -0.374 e. The molecular formula is C14H29ClN2O. The van der Waals surface area contributed by atoms with Gasteiger partial charge in [-0.3, -0.25) is 4.90 Å². The van der Waals surface area contributed by atoms with Gasteiger partial charge in [-0.15, -0.1) is 12.4 Å². The second-order valence-corrected chi connectivity index (χ2v) is 6.60. The van der Waals surface area contributed by atoms with Crippen molar-refractivity contribution >= 4 is 12.4 Å². The van der Waals surface area contributed by atoms with Gasteiger partial charge in [0, 0.05) is 26.2 Å². The Bertz CT molecular complexity index is 238. The van der Waals surface area contributed by atoms with Crippen molar-refractivity contribution in [2.45, 2.75) is 45.6 Å². The molecule has 1 aliphatic heterocycles. The van der Waals surface area contributed by atoms with Crippen molar-refractivity contribution in [3.63, 3.8) is 0 Å². The van der Waals surface area contributed by atoms with Gasteiger partial charge in [0.1, 0.15) is 0 Å². The van der Waals surface area contributed by atoms with E-state index in [2.05, 4.69) is 18.7 Å². The van der Waals surface area contributed by atoms with E-state index in [9.17, 15) is 0 Å². The minimum atomic E-state index is 0. The highest BCUT2D eigenvalue weighted by molar-refractivity contribution is 5.85. The molecule has 1 atom stereocenters. The fourth-order valence-electron chi connectivity index (χ4n) is 3.10. The van der Waals surface area contributed by atoms with Crippen LogP contribution in [-0.2, 0) is 4.74 Å².